The van der Waals surface area contributed by atoms with Crippen LogP contribution in [0.1, 0.15) is 69.5 Å². The van der Waals surface area contributed by atoms with E-state index < -0.39 is 0 Å². The summed E-state index contributed by atoms with van der Waals surface area (Å²) in [6.45, 7) is 2.96. The molecule has 0 bridgehead atoms. The molecule has 2 fully saturated rings. The van der Waals surface area contributed by atoms with Gasteiger partial charge in [0.25, 0.3) is 0 Å². The van der Waals surface area contributed by atoms with Crippen LogP contribution in [0, 0.1) is 5.92 Å². The molecule has 1 heterocycles. The first-order valence-corrected chi connectivity index (χ1v) is 7.28. The fourth-order valence-corrected chi connectivity index (χ4v) is 3.24. The van der Waals surface area contributed by atoms with Crippen LogP contribution in [0.4, 0.5) is 0 Å². The van der Waals surface area contributed by atoms with Crippen LogP contribution in [0.2, 0.25) is 0 Å². The number of aromatic nitrogens is 2. The number of hydrogen-bond acceptors (Lipinski definition) is 4. The lowest BCUT2D eigenvalue weighted by atomic mass is 9.68. The predicted molar refractivity (Wildman–Crippen MR) is 69.3 cm³/mol. The van der Waals surface area contributed by atoms with Gasteiger partial charge < -0.3 is 10.3 Å². The Kier molecular flexibility index (Phi) is 3.14. The maximum absolute atomic E-state index is 5.88. The molecule has 0 aliphatic heterocycles. The maximum Gasteiger partial charge on any atom is 0.234 e. The van der Waals surface area contributed by atoms with E-state index in [1.165, 1.54) is 32.1 Å². The average Bonchev–Trinajstić information content (AvgIpc) is 2.79. The molecule has 4 nitrogen and oxygen atoms in total. The van der Waals surface area contributed by atoms with Gasteiger partial charge in [-0.1, -0.05) is 31.3 Å². The zero-order chi connectivity index (χ0) is 12.6. The van der Waals surface area contributed by atoms with Gasteiger partial charge >= 0.3 is 0 Å². The van der Waals surface area contributed by atoms with Crippen LogP contribution in [0.15, 0.2) is 4.52 Å². The van der Waals surface area contributed by atoms with E-state index in [0.29, 0.717) is 12.5 Å². The molecule has 0 amide bonds. The normalized spacial score (nSPS) is 31.0. The van der Waals surface area contributed by atoms with Gasteiger partial charge in [-0.25, -0.2) is 0 Å². The van der Waals surface area contributed by atoms with Crippen molar-refractivity contribution in [2.75, 3.05) is 6.54 Å². The highest BCUT2D eigenvalue weighted by Crippen LogP contribution is 2.43. The molecule has 18 heavy (non-hydrogen) atoms. The molecule has 1 aromatic rings. The van der Waals surface area contributed by atoms with Gasteiger partial charge in [-0.3, -0.25) is 0 Å². The van der Waals surface area contributed by atoms with Crippen LogP contribution < -0.4 is 5.73 Å². The van der Waals surface area contributed by atoms with E-state index in [4.69, 9.17) is 10.3 Å². The highest BCUT2D eigenvalue weighted by molar-refractivity contribution is 5.12. The smallest absolute Gasteiger partial charge is 0.234 e. The van der Waals surface area contributed by atoms with Gasteiger partial charge in [-0.15, -0.1) is 0 Å². The van der Waals surface area contributed by atoms with Crippen molar-refractivity contribution in [2.45, 2.75) is 63.2 Å². The van der Waals surface area contributed by atoms with Crippen molar-refractivity contribution >= 4 is 0 Å². The second kappa shape index (κ2) is 4.65. The minimum absolute atomic E-state index is 0.00715. The quantitative estimate of drug-likeness (QED) is 0.894. The number of nitrogens with zero attached hydrogens (tertiary/aromatic N) is 2. The summed E-state index contributed by atoms with van der Waals surface area (Å²) in [7, 11) is 0. The van der Waals surface area contributed by atoms with E-state index in [9.17, 15) is 0 Å². The molecule has 2 saturated carbocycles. The Morgan fingerprint density at radius 2 is 2.00 bits per heavy atom. The first-order valence-electron chi connectivity index (χ1n) is 7.28. The standard InChI is InChI=1S/C14H23N3O/c1-10-3-5-11(6-4-10)12-16-13(18-17-12)14(9-15)7-2-8-14/h10-11H,2-9,15H2,1H3. The largest absolute Gasteiger partial charge is 0.339 e. The van der Waals surface area contributed by atoms with Crippen LogP contribution in [0.5, 0.6) is 0 Å². The van der Waals surface area contributed by atoms with Crippen molar-refractivity contribution in [2.24, 2.45) is 11.7 Å². The van der Waals surface area contributed by atoms with Gasteiger partial charge in [0.15, 0.2) is 5.82 Å². The molecule has 0 unspecified atom stereocenters. The molecule has 0 saturated heterocycles. The summed E-state index contributed by atoms with van der Waals surface area (Å²) in [5, 5.41) is 4.22. The van der Waals surface area contributed by atoms with Crippen molar-refractivity contribution in [1.29, 1.82) is 0 Å². The van der Waals surface area contributed by atoms with Gasteiger partial charge in [0.1, 0.15) is 0 Å². The third kappa shape index (κ3) is 1.96. The molecule has 100 valence electrons. The van der Waals surface area contributed by atoms with Crippen LogP contribution in [0.25, 0.3) is 0 Å². The van der Waals surface area contributed by atoms with Crippen molar-refractivity contribution < 1.29 is 4.52 Å². The van der Waals surface area contributed by atoms with Crippen LogP contribution in [-0.4, -0.2) is 16.7 Å². The van der Waals surface area contributed by atoms with E-state index in [0.717, 1.165) is 30.5 Å². The van der Waals surface area contributed by atoms with Crippen LogP contribution in [-0.2, 0) is 5.41 Å². The fraction of sp³-hybridized carbons (Fsp3) is 0.857. The Balaban J connectivity index is 1.73. The molecule has 2 N–H and O–H groups in total. The zero-order valence-electron chi connectivity index (χ0n) is 11.2. The molecule has 2 aliphatic rings. The molecule has 3 rings (SSSR count). The highest BCUT2D eigenvalue weighted by atomic mass is 16.5. The van der Waals surface area contributed by atoms with Gasteiger partial charge in [-0.2, -0.15) is 4.98 Å². The first-order chi connectivity index (χ1) is 8.73. The number of hydrogen-bond donors (Lipinski definition) is 1. The summed E-state index contributed by atoms with van der Waals surface area (Å²) in [5.74, 6) is 3.09. The van der Waals surface area contributed by atoms with E-state index >= 15 is 0 Å². The summed E-state index contributed by atoms with van der Waals surface area (Å²) >= 11 is 0. The molecule has 0 spiro atoms. The summed E-state index contributed by atoms with van der Waals surface area (Å²) < 4.78 is 5.50. The lowest BCUT2D eigenvalue weighted by molar-refractivity contribution is 0.181. The van der Waals surface area contributed by atoms with Gasteiger partial charge in [0, 0.05) is 12.5 Å². The highest BCUT2D eigenvalue weighted by Gasteiger charge is 2.43. The molecule has 2 aliphatic carbocycles. The van der Waals surface area contributed by atoms with Crippen LogP contribution >= 0.6 is 0 Å². The minimum atomic E-state index is 0.00715. The fourth-order valence-electron chi connectivity index (χ4n) is 3.24. The maximum atomic E-state index is 5.88. The molecular weight excluding hydrogens is 226 g/mol. The number of nitrogens with two attached hydrogens (primary N) is 1. The first kappa shape index (κ1) is 12.2. The van der Waals surface area contributed by atoms with Gasteiger partial charge in [0.05, 0.1) is 5.41 Å². The SMILES string of the molecule is CC1CCC(c2noc(C3(CN)CCC3)n2)CC1. The van der Waals surface area contributed by atoms with E-state index in [1.807, 2.05) is 0 Å². The van der Waals surface area contributed by atoms with Crippen molar-refractivity contribution in [3.05, 3.63) is 11.7 Å². The van der Waals surface area contributed by atoms with E-state index in [-0.39, 0.29) is 5.41 Å². The Labute approximate surface area is 108 Å². The minimum Gasteiger partial charge on any atom is -0.339 e. The summed E-state index contributed by atoms with van der Waals surface area (Å²) in [5.41, 5.74) is 5.89. The summed E-state index contributed by atoms with van der Waals surface area (Å²) in [6.07, 6.45) is 8.42. The Bertz CT molecular complexity index is 397. The van der Waals surface area contributed by atoms with Crippen molar-refractivity contribution in [3.63, 3.8) is 0 Å². The Hall–Kier alpha value is -0.900. The van der Waals surface area contributed by atoms with E-state index in [2.05, 4.69) is 17.1 Å². The number of rotatable bonds is 3. The second-order valence-electron chi connectivity index (χ2n) is 6.25. The van der Waals surface area contributed by atoms with Crippen molar-refractivity contribution in [3.8, 4) is 0 Å². The third-order valence-corrected chi connectivity index (χ3v) is 4.98. The molecule has 0 atom stereocenters. The lowest BCUT2D eigenvalue weighted by Gasteiger charge is -2.37. The molecular formula is C14H23N3O. The molecule has 0 aromatic carbocycles. The lowest BCUT2D eigenvalue weighted by Crippen LogP contribution is -2.41. The second-order valence-corrected chi connectivity index (χ2v) is 6.25. The average molecular weight is 249 g/mol. The predicted octanol–water partition coefficient (Wildman–Crippen LogP) is 2.74. The molecule has 4 heteroatoms. The van der Waals surface area contributed by atoms with Crippen LogP contribution in [0.3, 0.4) is 0 Å². The topological polar surface area (TPSA) is 64.9 Å². The third-order valence-electron chi connectivity index (χ3n) is 4.98. The molecule has 0 radical (unpaired) electrons. The summed E-state index contributed by atoms with van der Waals surface area (Å²) in [6, 6.07) is 0. The Morgan fingerprint density at radius 3 is 2.56 bits per heavy atom. The molecule has 1 aromatic heterocycles. The zero-order valence-corrected chi connectivity index (χ0v) is 11.2. The van der Waals surface area contributed by atoms with Gasteiger partial charge in [-0.05, 0) is 31.6 Å². The monoisotopic (exact) mass is 249 g/mol. The Morgan fingerprint density at radius 1 is 1.28 bits per heavy atom. The summed E-state index contributed by atoms with van der Waals surface area (Å²) in [4.78, 5) is 4.67. The van der Waals surface area contributed by atoms with E-state index in [1.54, 1.807) is 0 Å². The van der Waals surface area contributed by atoms with Crippen molar-refractivity contribution in [1.82, 2.24) is 10.1 Å². The van der Waals surface area contributed by atoms with Gasteiger partial charge in [0.2, 0.25) is 5.89 Å².